The van der Waals surface area contributed by atoms with Gasteiger partial charge in [0.15, 0.2) is 4.32 Å². The standard InChI is InChI=1S/C20H16N2OS2/c1-2-21-13-14(16-10-6-7-11-17(16)21)12-18-19(23)22(20(24)25-18)15-8-4-3-5-9-15/h3-13H,2H2,1H3/b18-12+. The Bertz CT molecular complexity index is 1000. The molecule has 2 aromatic carbocycles. The maximum atomic E-state index is 12.9. The number of thioether (sulfide) groups is 1. The average molecular weight is 364 g/mol. The Balaban J connectivity index is 1.76. The molecule has 0 bridgehead atoms. The molecule has 1 aliphatic heterocycles. The van der Waals surface area contributed by atoms with Crippen molar-refractivity contribution in [2.75, 3.05) is 4.90 Å². The van der Waals surface area contributed by atoms with Gasteiger partial charge in [0.1, 0.15) is 0 Å². The summed E-state index contributed by atoms with van der Waals surface area (Å²) in [7, 11) is 0. The lowest BCUT2D eigenvalue weighted by molar-refractivity contribution is -0.113. The van der Waals surface area contributed by atoms with Crippen molar-refractivity contribution in [1.29, 1.82) is 0 Å². The number of aromatic nitrogens is 1. The molecule has 0 spiro atoms. The van der Waals surface area contributed by atoms with Crippen LogP contribution in [0.15, 0.2) is 65.7 Å². The predicted molar refractivity (Wildman–Crippen MR) is 110 cm³/mol. The Kier molecular flexibility index (Phi) is 4.19. The molecule has 0 N–H and O–H groups in total. The zero-order chi connectivity index (χ0) is 17.4. The molecule has 5 heteroatoms. The van der Waals surface area contributed by atoms with Crippen molar-refractivity contribution in [3.05, 3.63) is 71.3 Å². The first-order chi connectivity index (χ1) is 12.2. The number of anilines is 1. The van der Waals surface area contributed by atoms with E-state index in [0.29, 0.717) is 9.23 Å². The number of thiocarbonyl (C=S) groups is 1. The van der Waals surface area contributed by atoms with E-state index in [4.69, 9.17) is 12.2 Å². The highest BCUT2D eigenvalue weighted by atomic mass is 32.2. The second-order valence-electron chi connectivity index (χ2n) is 5.74. The van der Waals surface area contributed by atoms with Crippen molar-refractivity contribution >= 4 is 56.9 Å². The summed E-state index contributed by atoms with van der Waals surface area (Å²) in [4.78, 5) is 15.1. The van der Waals surface area contributed by atoms with E-state index in [-0.39, 0.29) is 5.91 Å². The molecule has 25 heavy (non-hydrogen) atoms. The van der Waals surface area contributed by atoms with Crippen molar-refractivity contribution in [3.8, 4) is 0 Å². The number of fused-ring (bicyclic) bond motifs is 1. The number of hydrogen-bond acceptors (Lipinski definition) is 3. The average Bonchev–Trinajstić information content (AvgIpc) is 3.13. The van der Waals surface area contributed by atoms with Gasteiger partial charge in [-0.1, -0.05) is 60.4 Å². The van der Waals surface area contributed by atoms with Gasteiger partial charge in [-0.3, -0.25) is 9.69 Å². The lowest BCUT2D eigenvalue weighted by atomic mass is 10.1. The topological polar surface area (TPSA) is 25.2 Å². The molecule has 3 nitrogen and oxygen atoms in total. The minimum absolute atomic E-state index is 0.0606. The highest BCUT2D eigenvalue weighted by Crippen LogP contribution is 2.37. The van der Waals surface area contributed by atoms with Gasteiger partial charge >= 0.3 is 0 Å². The number of carbonyl (C=O) groups is 1. The highest BCUT2D eigenvalue weighted by molar-refractivity contribution is 8.27. The van der Waals surface area contributed by atoms with Crippen LogP contribution in [0.25, 0.3) is 17.0 Å². The van der Waals surface area contributed by atoms with Crippen LogP contribution in [-0.4, -0.2) is 14.8 Å². The molecular weight excluding hydrogens is 348 g/mol. The zero-order valence-corrected chi connectivity index (χ0v) is 15.3. The van der Waals surface area contributed by atoms with Gasteiger partial charge in [-0.15, -0.1) is 0 Å². The summed E-state index contributed by atoms with van der Waals surface area (Å²) in [5.74, 6) is -0.0606. The zero-order valence-electron chi connectivity index (χ0n) is 13.7. The van der Waals surface area contributed by atoms with E-state index in [1.54, 1.807) is 4.90 Å². The summed E-state index contributed by atoms with van der Waals surface area (Å²) < 4.78 is 2.76. The summed E-state index contributed by atoms with van der Waals surface area (Å²) in [6.45, 7) is 3.00. The Morgan fingerprint density at radius 3 is 2.56 bits per heavy atom. The number of hydrogen-bond donors (Lipinski definition) is 0. The largest absolute Gasteiger partial charge is 0.347 e. The number of carbonyl (C=O) groups excluding carboxylic acids is 1. The minimum atomic E-state index is -0.0606. The van der Waals surface area contributed by atoms with Gasteiger partial charge in [0.2, 0.25) is 0 Å². The molecular formula is C20H16N2OS2. The Hall–Kier alpha value is -2.37. The summed E-state index contributed by atoms with van der Waals surface area (Å²) in [5.41, 5.74) is 3.03. The maximum Gasteiger partial charge on any atom is 0.270 e. The van der Waals surface area contributed by atoms with Crippen molar-refractivity contribution in [1.82, 2.24) is 4.57 Å². The second-order valence-corrected chi connectivity index (χ2v) is 7.42. The van der Waals surface area contributed by atoms with Crippen molar-refractivity contribution in [2.24, 2.45) is 0 Å². The number of rotatable bonds is 3. The third-order valence-electron chi connectivity index (χ3n) is 4.25. The van der Waals surface area contributed by atoms with E-state index in [1.165, 1.54) is 17.3 Å². The van der Waals surface area contributed by atoms with Crippen LogP contribution in [0.4, 0.5) is 5.69 Å². The molecule has 1 aliphatic rings. The lowest BCUT2D eigenvalue weighted by Crippen LogP contribution is -2.27. The van der Waals surface area contributed by atoms with Crippen molar-refractivity contribution in [3.63, 3.8) is 0 Å². The fraction of sp³-hybridized carbons (Fsp3) is 0.100. The molecule has 0 saturated carbocycles. The van der Waals surface area contributed by atoms with E-state index >= 15 is 0 Å². The molecule has 1 saturated heterocycles. The van der Waals surface area contributed by atoms with E-state index in [1.807, 2.05) is 48.5 Å². The molecule has 0 atom stereocenters. The van der Waals surface area contributed by atoms with Gasteiger partial charge < -0.3 is 4.57 Å². The maximum absolute atomic E-state index is 12.9. The number of benzene rings is 2. The lowest BCUT2D eigenvalue weighted by Gasteiger charge is -2.13. The highest BCUT2D eigenvalue weighted by Gasteiger charge is 2.33. The van der Waals surface area contributed by atoms with E-state index in [0.717, 1.165) is 23.2 Å². The summed E-state index contributed by atoms with van der Waals surface area (Å²) in [6, 6.07) is 17.8. The fourth-order valence-corrected chi connectivity index (χ4v) is 4.35. The van der Waals surface area contributed by atoms with Gasteiger partial charge in [-0.05, 0) is 31.2 Å². The van der Waals surface area contributed by atoms with Gasteiger partial charge in [0.05, 0.1) is 10.6 Å². The summed E-state index contributed by atoms with van der Waals surface area (Å²) in [6.07, 6.45) is 4.05. The normalized spacial score (nSPS) is 16.4. The SMILES string of the molecule is CCn1cc(/C=C2/SC(=S)N(c3ccccc3)C2=O)c2ccccc21. The van der Waals surface area contributed by atoms with Crippen molar-refractivity contribution < 1.29 is 4.79 Å². The molecule has 3 aromatic rings. The van der Waals surface area contributed by atoms with Crippen LogP contribution < -0.4 is 4.90 Å². The van der Waals surface area contributed by atoms with Crippen LogP contribution in [0.2, 0.25) is 0 Å². The molecule has 0 unspecified atom stereocenters. The van der Waals surface area contributed by atoms with Gasteiger partial charge in [0, 0.05) is 29.2 Å². The van der Waals surface area contributed by atoms with Gasteiger partial charge in [-0.25, -0.2) is 0 Å². The summed E-state index contributed by atoms with van der Waals surface area (Å²) >= 11 is 6.80. The Morgan fingerprint density at radius 1 is 1.08 bits per heavy atom. The molecule has 0 radical (unpaired) electrons. The molecule has 4 rings (SSSR count). The van der Waals surface area contributed by atoms with Crippen molar-refractivity contribution in [2.45, 2.75) is 13.5 Å². The van der Waals surface area contributed by atoms with E-state index < -0.39 is 0 Å². The third-order valence-corrected chi connectivity index (χ3v) is 5.56. The molecule has 2 heterocycles. The molecule has 1 fully saturated rings. The molecule has 0 aliphatic carbocycles. The second kappa shape index (κ2) is 6.50. The van der Waals surface area contributed by atoms with E-state index in [2.05, 4.69) is 29.8 Å². The molecule has 124 valence electrons. The van der Waals surface area contributed by atoms with Crippen LogP contribution in [0.5, 0.6) is 0 Å². The molecule has 1 amide bonds. The first kappa shape index (κ1) is 16.1. The van der Waals surface area contributed by atoms with Crippen LogP contribution in [0.3, 0.4) is 0 Å². The molecule has 1 aromatic heterocycles. The number of amides is 1. The van der Waals surface area contributed by atoms with Crippen LogP contribution in [-0.2, 0) is 11.3 Å². The first-order valence-electron chi connectivity index (χ1n) is 8.10. The quantitative estimate of drug-likeness (QED) is 0.479. The van der Waals surface area contributed by atoms with Crippen LogP contribution in [0.1, 0.15) is 12.5 Å². The minimum Gasteiger partial charge on any atom is -0.347 e. The monoisotopic (exact) mass is 364 g/mol. The fourth-order valence-electron chi connectivity index (χ4n) is 3.06. The van der Waals surface area contributed by atoms with Crippen LogP contribution >= 0.6 is 24.0 Å². The number of para-hydroxylation sites is 2. The number of aryl methyl sites for hydroxylation is 1. The summed E-state index contributed by atoms with van der Waals surface area (Å²) in [5, 5.41) is 1.15. The van der Waals surface area contributed by atoms with E-state index in [9.17, 15) is 4.79 Å². The Morgan fingerprint density at radius 2 is 1.80 bits per heavy atom. The predicted octanol–water partition coefficient (Wildman–Crippen LogP) is 5.07. The smallest absolute Gasteiger partial charge is 0.270 e. The van der Waals surface area contributed by atoms with Crippen LogP contribution in [0, 0.1) is 0 Å². The van der Waals surface area contributed by atoms with Gasteiger partial charge in [0.25, 0.3) is 5.91 Å². The Labute approximate surface area is 155 Å². The van der Waals surface area contributed by atoms with Gasteiger partial charge in [-0.2, -0.15) is 0 Å². The third kappa shape index (κ3) is 2.79. The number of nitrogens with zero attached hydrogens (tertiary/aromatic N) is 2. The first-order valence-corrected chi connectivity index (χ1v) is 9.32.